The average molecular weight is 274 g/mol. The predicted molar refractivity (Wildman–Crippen MR) is 81.7 cm³/mol. The fourth-order valence-electron chi connectivity index (χ4n) is 3.28. The average Bonchev–Trinajstić information content (AvgIpc) is 3.26. The van der Waals surface area contributed by atoms with Gasteiger partial charge < -0.3 is 10.4 Å². The molecule has 0 amide bonds. The number of piperazine rings is 1. The molecule has 1 aliphatic heterocycles. The summed E-state index contributed by atoms with van der Waals surface area (Å²) in [6, 6.07) is 8.35. The summed E-state index contributed by atoms with van der Waals surface area (Å²) >= 11 is 0. The van der Waals surface area contributed by atoms with Gasteiger partial charge in [0.05, 0.1) is 0 Å². The lowest BCUT2D eigenvalue weighted by Crippen LogP contribution is -2.63. The highest BCUT2D eigenvalue weighted by Gasteiger charge is 2.41. The van der Waals surface area contributed by atoms with Crippen molar-refractivity contribution in [3.05, 3.63) is 29.8 Å². The van der Waals surface area contributed by atoms with Crippen LogP contribution in [0.15, 0.2) is 24.3 Å². The Morgan fingerprint density at radius 1 is 1.40 bits per heavy atom. The molecule has 110 valence electrons. The van der Waals surface area contributed by atoms with Gasteiger partial charge in [-0.15, -0.1) is 0 Å². The Balaban J connectivity index is 1.75. The molecule has 0 bridgehead atoms. The summed E-state index contributed by atoms with van der Waals surface area (Å²) in [5.74, 6) is 1.26. The zero-order chi connectivity index (χ0) is 14.2. The van der Waals surface area contributed by atoms with E-state index in [9.17, 15) is 5.11 Å². The molecule has 2 fully saturated rings. The highest BCUT2D eigenvalue weighted by atomic mass is 16.3. The topological polar surface area (TPSA) is 35.5 Å². The number of hydrogen-bond donors (Lipinski definition) is 2. The first kappa shape index (κ1) is 13.9. The van der Waals surface area contributed by atoms with Gasteiger partial charge in [0.15, 0.2) is 0 Å². The molecule has 0 aromatic heterocycles. The summed E-state index contributed by atoms with van der Waals surface area (Å²) in [6.07, 6.45) is 3.93. The fourth-order valence-corrected chi connectivity index (χ4v) is 3.28. The van der Waals surface area contributed by atoms with Crippen LogP contribution in [-0.4, -0.2) is 34.7 Å². The third-order valence-corrected chi connectivity index (χ3v) is 5.16. The van der Waals surface area contributed by atoms with Crippen LogP contribution in [0, 0.1) is 5.92 Å². The van der Waals surface area contributed by atoms with Crippen LogP contribution in [0.25, 0.3) is 0 Å². The largest absolute Gasteiger partial charge is 0.508 e. The van der Waals surface area contributed by atoms with Crippen LogP contribution in [0.1, 0.15) is 38.7 Å². The van der Waals surface area contributed by atoms with Crippen molar-refractivity contribution < 1.29 is 5.11 Å². The van der Waals surface area contributed by atoms with Crippen LogP contribution in [0.3, 0.4) is 0 Å². The van der Waals surface area contributed by atoms with Crippen molar-refractivity contribution in [3.8, 4) is 5.75 Å². The monoisotopic (exact) mass is 274 g/mol. The maximum atomic E-state index is 9.65. The van der Waals surface area contributed by atoms with E-state index in [2.05, 4.69) is 30.1 Å². The Bertz CT molecular complexity index is 472. The molecule has 3 nitrogen and oxygen atoms in total. The number of aromatic hydroxyl groups is 1. The van der Waals surface area contributed by atoms with E-state index in [1.807, 2.05) is 12.1 Å². The zero-order valence-electron chi connectivity index (χ0n) is 12.6. The van der Waals surface area contributed by atoms with E-state index in [4.69, 9.17) is 0 Å². The summed E-state index contributed by atoms with van der Waals surface area (Å²) in [6.45, 7) is 7.76. The Morgan fingerprint density at radius 3 is 2.85 bits per heavy atom. The van der Waals surface area contributed by atoms with Crippen LogP contribution in [0.4, 0.5) is 0 Å². The van der Waals surface area contributed by atoms with E-state index in [1.54, 1.807) is 6.07 Å². The summed E-state index contributed by atoms with van der Waals surface area (Å²) < 4.78 is 0. The van der Waals surface area contributed by atoms with Gasteiger partial charge in [-0.05, 0) is 49.8 Å². The maximum absolute atomic E-state index is 9.65. The SMILES string of the molecule is CCC1(C)CNC(C2CC2)CN1Cc1cccc(O)c1. The second-order valence-electron chi connectivity index (χ2n) is 6.73. The van der Waals surface area contributed by atoms with Gasteiger partial charge in [0.2, 0.25) is 0 Å². The lowest BCUT2D eigenvalue weighted by Gasteiger charge is -2.48. The van der Waals surface area contributed by atoms with Crippen LogP contribution >= 0.6 is 0 Å². The van der Waals surface area contributed by atoms with E-state index in [0.29, 0.717) is 11.8 Å². The van der Waals surface area contributed by atoms with Gasteiger partial charge >= 0.3 is 0 Å². The number of nitrogens with one attached hydrogen (secondary N) is 1. The molecule has 0 radical (unpaired) electrons. The van der Waals surface area contributed by atoms with Gasteiger partial charge in [0.25, 0.3) is 0 Å². The molecule has 3 heteroatoms. The van der Waals surface area contributed by atoms with E-state index in [1.165, 1.54) is 18.4 Å². The van der Waals surface area contributed by atoms with E-state index >= 15 is 0 Å². The summed E-state index contributed by atoms with van der Waals surface area (Å²) in [4.78, 5) is 2.61. The molecule has 1 aliphatic carbocycles. The summed E-state index contributed by atoms with van der Waals surface area (Å²) in [5, 5.41) is 13.4. The molecular formula is C17H26N2O. The number of rotatable bonds is 4. The third-order valence-electron chi connectivity index (χ3n) is 5.16. The molecule has 3 rings (SSSR count). The van der Waals surface area contributed by atoms with Crippen molar-refractivity contribution in [2.75, 3.05) is 13.1 Å². The van der Waals surface area contributed by atoms with Crippen LogP contribution in [0.5, 0.6) is 5.75 Å². The molecule has 20 heavy (non-hydrogen) atoms. The van der Waals surface area contributed by atoms with E-state index in [0.717, 1.165) is 32.0 Å². The van der Waals surface area contributed by atoms with Gasteiger partial charge in [-0.3, -0.25) is 4.90 Å². The molecule has 1 saturated heterocycles. The minimum Gasteiger partial charge on any atom is -0.508 e. The lowest BCUT2D eigenvalue weighted by atomic mass is 9.90. The molecule has 0 spiro atoms. The highest BCUT2D eigenvalue weighted by molar-refractivity contribution is 5.27. The van der Waals surface area contributed by atoms with Gasteiger partial charge in [0, 0.05) is 31.2 Å². The molecule has 2 atom stereocenters. The van der Waals surface area contributed by atoms with Crippen LogP contribution in [-0.2, 0) is 6.54 Å². The van der Waals surface area contributed by atoms with Gasteiger partial charge in [-0.1, -0.05) is 19.1 Å². The number of benzene rings is 1. The molecule has 1 saturated carbocycles. The molecule has 1 heterocycles. The molecule has 2 aliphatic rings. The maximum Gasteiger partial charge on any atom is 0.115 e. The first-order chi connectivity index (χ1) is 9.60. The zero-order valence-corrected chi connectivity index (χ0v) is 12.6. The lowest BCUT2D eigenvalue weighted by molar-refractivity contribution is 0.0369. The van der Waals surface area contributed by atoms with Crippen molar-refractivity contribution >= 4 is 0 Å². The second-order valence-corrected chi connectivity index (χ2v) is 6.73. The smallest absolute Gasteiger partial charge is 0.115 e. The Kier molecular flexibility index (Phi) is 3.74. The third kappa shape index (κ3) is 2.84. The van der Waals surface area contributed by atoms with Crippen molar-refractivity contribution in [2.45, 2.75) is 51.2 Å². The minimum absolute atomic E-state index is 0.219. The van der Waals surface area contributed by atoms with Crippen molar-refractivity contribution in [2.24, 2.45) is 5.92 Å². The highest BCUT2D eigenvalue weighted by Crippen LogP contribution is 2.36. The number of nitrogens with zero attached hydrogens (tertiary/aromatic N) is 1. The van der Waals surface area contributed by atoms with E-state index in [-0.39, 0.29) is 5.54 Å². The van der Waals surface area contributed by atoms with Crippen molar-refractivity contribution in [1.82, 2.24) is 10.2 Å². The first-order valence-electron chi connectivity index (χ1n) is 7.87. The van der Waals surface area contributed by atoms with Gasteiger partial charge in [0.1, 0.15) is 5.75 Å². The van der Waals surface area contributed by atoms with Crippen LogP contribution in [0.2, 0.25) is 0 Å². The second kappa shape index (κ2) is 5.38. The molecule has 1 aromatic rings. The van der Waals surface area contributed by atoms with Crippen molar-refractivity contribution in [3.63, 3.8) is 0 Å². The number of hydrogen-bond acceptors (Lipinski definition) is 3. The Hall–Kier alpha value is -1.06. The quantitative estimate of drug-likeness (QED) is 0.886. The van der Waals surface area contributed by atoms with Crippen LogP contribution < -0.4 is 5.32 Å². The standard InChI is InChI=1S/C17H26N2O/c1-3-17(2)12-18-16(14-7-8-14)11-19(17)10-13-5-4-6-15(20)9-13/h4-6,9,14,16,18,20H,3,7-8,10-12H2,1-2H3. The van der Waals surface area contributed by atoms with Gasteiger partial charge in [-0.25, -0.2) is 0 Å². The normalized spacial score (nSPS) is 31.4. The Morgan fingerprint density at radius 2 is 2.20 bits per heavy atom. The number of phenolic OH excluding ortho intramolecular Hbond substituents is 1. The van der Waals surface area contributed by atoms with Gasteiger partial charge in [-0.2, -0.15) is 0 Å². The number of phenols is 1. The predicted octanol–water partition coefficient (Wildman–Crippen LogP) is 2.74. The molecule has 1 aromatic carbocycles. The molecule has 2 N–H and O–H groups in total. The molecule has 2 unspecified atom stereocenters. The minimum atomic E-state index is 0.219. The molecular weight excluding hydrogens is 248 g/mol. The van der Waals surface area contributed by atoms with Crippen molar-refractivity contribution in [1.29, 1.82) is 0 Å². The fraction of sp³-hybridized carbons (Fsp3) is 0.647. The summed E-state index contributed by atoms with van der Waals surface area (Å²) in [5.41, 5.74) is 1.43. The Labute approximate surface area is 122 Å². The van der Waals surface area contributed by atoms with E-state index < -0.39 is 0 Å². The summed E-state index contributed by atoms with van der Waals surface area (Å²) in [7, 11) is 0. The first-order valence-corrected chi connectivity index (χ1v) is 7.87.